The highest BCUT2D eigenvalue weighted by Crippen LogP contribution is 2.34. The van der Waals surface area contributed by atoms with E-state index in [4.69, 9.17) is 5.73 Å². The fraction of sp³-hybridized carbons (Fsp3) is 0.276. The summed E-state index contributed by atoms with van der Waals surface area (Å²) in [7, 11) is 0. The number of rotatable bonds is 5. The Morgan fingerprint density at radius 3 is 2.31 bits per heavy atom. The first-order valence-electron chi connectivity index (χ1n) is 12.0. The number of carbonyl (C=O) groups excluding carboxylic acids is 3. The Morgan fingerprint density at radius 1 is 0.972 bits per heavy atom. The Bertz CT molecular complexity index is 1310. The van der Waals surface area contributed by atoms with Gasteiger partial charge in [-0.3, -0.25) is 19.3 Å². The number of nitrogens with two attached hydrogens (primary N) is 1. The molecule has 0 aliphatic carbocycles. The zero-order valence-corrected chi connectivity index (χ0v) is 21.1. The van der Waals surface area contributed by atoms with Crippen LogP contribution in [-0.4, -0.2) is 23.8 Å². The predicted octanol–water partition coefficient (Wildman–Crippen LogP) is 4.36. The van der Waals surface area contributed by atoms with Crippen LogP contribution in [0.25, 0.3) is 0 Å². The second-order valence-electron chi connectivity index (χ2n) is 10.1. The molecule has 0 fully saturated rings. The molecule has 186 valence electrons. The average Bonchev–Trinajstić information content (AvgIpc) is 2.87. The molecule has 0 saturated carbocycles. The first kappa shape index (κ1) is 25.1. The van der Waals surface area contributed by atoms with E-state index in [1.807, 2.05) is 36.4 Å². The van der Waals surface area contributed by atoms with Gasteiger partial charge in [-0.15, -0.1) is 0 Å². The van der Waals surface area contributed by atoms with E-state index in [0.29, 0.717) is 35.6 Å². The molecular formula is C29H32N4O3. The highest BCUT2D eigenvalue weighted by Gasteiger charge is 2.35. The van der Waals surface area contributed by atoms with Gasteiger partial charge in [0.1, 0.15) is 6.04 Å². The van der Waals surface area contributed by atoms with Crippen molar-refractivity contribution in [2.24, 2.45) is 5.73 Å². The normalized spacial score (nSPS) is 15.2. The lowest BCUT2D eigenvalue weighted by Gasteiger charge is -2.35. The third kappa shape index (κ3) is 5.16. The van der Waals surface area contributed by atoms with Gasteiger partial charge >= 0.3 is 0 Å². The summed E-state index contributed by atoms with van der Waals surface area (Å²) in [5.74, 6) is -0.853. The van der Waals surface area contributed by atoms with Crippen LogP contribution in [0.2, 0.25) is 0 Å². The van der Waals surface area contributed by atoms with Gasteiger partial charge in [-0.05, 0) is 59.4 Å². The minimum atomic E-state index is -0.693. The van der Waals surface area contributed by atoms with Crippen molar-refractivity contribution in [2.45, 2.75) is 52.2 Å². The number of nitrogens with zero attached hydrogens (tertiary/aromatic N) is 1. The maximum absolute atomic E-state index is 13.5. The van der Waals surface area contributed by atoms with E-state index in [9.17, 15) is 14.4 Å². The fourth-order valence-corrected chi connectivity index (χ4v) is 4.24. The lowest BCUT2D eigenvalue weighted by atomic mass is 9.86. The van der Waals surface area contributed by atoms with Gasteiger partial charge < -0.3 is 16.4 Å². The lowest BCUT2D eigenvalue weighted by Crippen LogP contribution is -2.49. The largest absolute Gasteiger partial charge is 0.348 e. The molecule has 3 amide bonds. The Labute approximate surface area is 211 Å². The van der Waals surface area contributed by atoms with Crippen molar-refractivity contribution in [1.82, 2.24) is 5.32 Å². The van der Waals surface area contributed by atoms with E-state index in [0.717, 1.165) is 16.7 Å². The summed E-state index contributed by atoms with van der Waals surface area (Å²) in [4.78, 5) is 40.5. The molecule has 0 saturated heterocycles. The molecule has 7 nitrogen and oxygen atoms in total. The highest BCUT2D eigenvalue weighted by atomic mass is 16.2. The second kappa shape index (κ2) is 9.95. The predicted molar refractivity (Wildman–Crippen MR) is 142 cm³/mol. The van der Waals surface area contributed by atoms with Crippen molar-refractivity contribution >= 4 is 29.1 Å². The molecular weight excluding hydrogens is 452 g/mol. The number of anilines is 2. The number of nitrogens with one attached hydrogen (secondary N) is 2. The van der Waals surface area contributed by atoms with E-state index in [2.05, 4.69) is 31.4 Å². The topological polar surface area (TPSA) is 105 Å². The molecule has 1 aliphatic heterocycles. The third-order valence-electron chi connectivity index (χ3n) is 6.44. The van der Waals surface area contributed by atoms with Gasteiger partial charge in [0, 0.05) is 24.2 Å². The van der Waals surface area contributed by atoms with Crippen LogP contribution >= 0.6 is 0 Å². The molecule has 1 unspecified atom stereocenters. The van der Waals surface area contributed by atoms with E-state index >= 15 is 0 Å². The molecule has 0 aromatic heterocycles. The van der Waals surface area contributed by atoms with Crippen LogP contribution in [0.15, 0.2) is 66.7 Å². The Morgan fingerprint density at radius 2 is 1.64 bits per heavy atom. The van der Waals surface area contributed by atoms with E-state index in [1.165, 1.54) is 4.90 Å². The second-order valence-corrected chi connectivity index (χ2v) is 10.1. The molecule has 1 aliphatic rings. The number of hydrogen-bond acceptors (Lipinski definition) is 4. The van der Waals surface area contributed by atoms with Crippen LogP contribution in [0, 0.1) is 0 Å². The summed E-state index contributed by atoms with van der Waals surface area (Å²) in [5.41, 5.74) is 10.6. The fourth-order valence-electron chi connectivity index (χ4n) is 4.24. The average molecular weight is 485 g/mol. The van der Waals surface area contributed by atoms with Crippen LogP contribution in [0.5, 0.6) is 0 Å². The number of benzene rings is 3. The summed E-state index contributed by atoms with van der Waals surface area (Å²) >= 11 is 0. The summed E-state index contributed by atoms with van der Waals surface area (Å²) < 4.78 is 0. The van der Waals surface area contributed by atoms with Crippen molar-refractivity contribution in [1.29, 1.82) is 0 Å². The smallest absolute Gasteiger partial charge is 0.259 e. The van der Waals surface area contributed by atoms with Crippen LogP contribution in [0.1, 0.15) is 65.1 Å². The van der Waals surface area contributed by atoms with Crippen molar-refractivity contribution in [3.05, 3.63) is 94.5 Å². The van der Waals surface area contributed by atoms with Crippen molar-refractivity contribution in [3.63, 3.8) is 0 Å². The number of hydrogen-bond donors (Lipinski definition) is 3. The van der Waals surface area contributed by atoms with Gasteiger partial charge in [-0.1, -0.05) is 57.2 Å². The number of carbonyl (C=O) groups is 3. The molecule has 36 heavy (non-hydrogen) atoms. The minimum absolute atomic E-state index is 0.0311. The molecule has 0 bridgehead atoms. The lowest BCUT2D eigenvalue weighted by molar-refractivity contribution is -0.117. The molecule has 3 aromatic rings. The highest BCUT2D eigenvalue weighted by molar-refractivity contribution is 6.17. The maximum atomic E-state index is 13.5. The molecule has 1 atom stereocenters. The molecule has 4 N–H and O–H groups in total. The first-order chi connectivity index (χ1) is 17.1. The van der Waals surface area contributed by atoms with E-state index in [-0.39, 0.29) is 23.1 Å². The Balaban J connectivity index is 1.56. The zero-order chi connectivity index (χ0) is 26.0. The van der Waals surface area contributed by atoms with Gasteiger partial charge in [-0.25, -0.2) is 0 Å². The first-order valence-corrected chi connectivity index (χ1v) is 12.0. The third-order valence-corrected chi connectivity index (χ3v) is 6.44. The number of fused-ring (bicyclic) bond motifs is 1. The summed E-state index contributed by atoms with van der Waals surface area (Å²) in [6.07, 6.45) is 0. The zero-order valence-electron chi connectivity index (χ0n) is 21.1. The van der Waals surface area contributed by atoms with Gasteiger partial charge in [0.25, 0.3) is 11.8 Å². The van der Waals surface area contributed by atoms with Crippen molar-refractivity contribution < 1.29 is 14.4 Å². The van der Waals surface area contributed by atoms with Crippen molar-refractivity contribution in [2.75, 3.05) is 10.2 Å². The Kier molecular flexibility index (Phi) is 6.95. The maximum Gasteiger partial charge on any atom is 0.259 e. The molecule has 0 radical (unpaired) electrons. The van der Waals surface area contributed by atoms with Crippen LogP contribution in [0.3, 0.4) is 0 Å². The van der Waals surface area contributed by atoms with Crippen LogP contribution in [-0.2, 0) is 23.3 Å². The summed E-state index contributed by atoms with van der Waals surface area (Å²) in [5, 5.41) is 5.73. The molecule has 7 heteroatoms. The molecule has 0 spiro atoms. The summed E-state index contributed by atoms with van der Waals surface area (Å²) in [6.45, 7) is 8.81. The van der Waals surface area contributed by atoms with E-state index < -0.39 is 6.04 Å². The molecule has 4 rings (SSSR count). The molecule has 3 aromatic carbocycles. The quantitative estimate of drug-likeness (QED) is 0.500. The van der Waals surface area contributed by atoms with Crippen LogP contribution in [0.4, 0.5) is 11.4 Å². The van der Waals surface area contributed by atoms with Crippen LogP contribution < -0.4 is 21.3 Å². The standard InChI is InChI=1S/C29H32N4O3/c1-18-26(34)32-24-15-22(27(35)31-17-20-7-5-6-19(14-20)16-30)10-13-25(24)33(18)28(36)21-8-11-23(12-9-21)29(2,3)4/h5-15,18H,16-17,30H2,1-4H3,(H,31,35)(H,32,34). The Hall–Kier alpha value is -3.97. The monoisotopic (exact) mass is 484 g/mol. The van der Waals surface area contributed by atoms with Gasteiger partial charge in [-0.2, -0.15) is 0 Å². The van der Waals surface area contributed by atoms with Gasteiger partial charge in [0.05, 0.1) is 11.4 Å². The van der Waals surface area contributed by atoms with Gasteiger partial charge in [0.15, 0.2) is 0 Å². The SMILES string of the molecule is CC1C(=O)Nc2cc(C(=O)NCc3cccc(CN)c3)ccc2N1C(=O)c1ccc(C(C)(C)C)cc1. The number of amides is 3. The van der Waals surface area contributed by atoms with Crippen molar-refractivity contribution in [3.8, 4) is 0 Å². The summed E-state index contributed by atoms with van der Waals surface area (Å²) in [6, 6.07) is 19.5. The van der Waals surface area contributed by atoms with E-state index in [1.54, 1.807) is 37.3 Å². The molecule has 1 heterocycles. The minimum Gasteiger partial charge on any atom is -0.348 e. The van der Waals surface area contributed by atoms with Gasteiger partial charge in [0.2, 0.25) is 5.91 Å².